The Morgan fingerprint density at radius 2 is 0.773 bits per heavy atom. The summed E-state index contributed by atoms with van der Waals surface area (Å²) in [5.74, 6) is 0. The van der Waals surface area contributed by atoms with E-state index in [1.54, 1.807) is 0 Å². The first kappa shape index (κ1) is 14.6. The van der Waals surface area contributed by atoms with Crippen molar-refractivity contribution in [2.75, 3.05) is 0 Å². The highest BCUT2D eigenvalue weighted by Gasteiger charge is 2.07. The Kier molecular flexibility index (Phi) is 4.39. The van der Waals surface area contributed by atoms with Crippen LogP contribution in [0, 0.1) is 13.8 Å². The van der Waals surface area contributed by atoms with E-state index in [0.29, 0.717) is 0 Å². The van der Waals surface area contributed by atoms with Gasteiger partial charge in [0.25, 0.3) is 0 Å². The molecule has 0 aliphatic rings. The van der Waals surface area contributed by atoms with Gasteiger partial charge in [-0.2, -0.15) is 0 Å². The molecule has 0 spiro atoms. The Morgan fingerprint density at radius 1 is 0.455 bits per heavy atom. The van der Waals surface area contributed by atoms with Gasteiger partial charge in [0.2, 0.25) is 0 Å². The number of hydrogen-bond acceptors (Lipinski definition) is 0. The largest absolute Gasteiger partial charge is 0.0620 e. The van der Waals surface area contributed by atoms with Crippen LogP contribution in [-0.4, -0.2) is 0 Å². The van der Waals surface area contributed by atoms with Gasteiger partial charge in [-0.3, -0.25) is 0 Å². The summed E-state index contributed by atoms with van der Waals surface area (Å²) >= 11 is 0. The molecule has 0 radical (unpaired) electrons. The van der Waals surface area contributed by atoms with Crippen LogP contribution in [0.3, 0.4) is 0 Å². The van der Waals surface area contributed by atoms with Crippen molar-refractivity contribution >= 4 is 0 Å². The number of benzene rings is 3. The zero-order valence-corrected chi connectivity index (χ0v) is 13.3. The van der Waals surface area contributed by atoms with Gasteiger partial charge in [0.1, 0.15) is 0 Å². The molecule has 22 heavy (non-hydrogen) atoms. The van der Waals surface area contributed by atoms with E-state index < -0.39 is 0 Å². The molecule has 0 aliphatic carbocycles. The summed E-state index contributed by atoms with van der Waals surface area (Å²) in [5, 5.41) is 0. The first-order valence-electron chi connectivity index (χ1n) is 7.90. The molecule has 0 unspecified atom stereocenters. The van der Waals surface area contributed by atoms with Crippen molar-refractivity contribution in [2.45, 2.75) is 26.7 Å². The van der Waals surface area contributed by atoms with Gasteiger partial charge < -0.3 is 0 Å². The highest BCUT2D eigenvalue weighted by Crippen LogP contribution is 2.21. The van der Waals surface area contributed by atoms with E-state index in [-0.39, 0.29) is 0 Å². The molecule has 0 heteroatoms. The Morgan fingerprint density at radius 3 is 1.14 bits per heavy atom. The van der Waals surface area contributed by atoms with E-state index >= 15 is 0 Å². The summed E-state index contributed by atoms with van der Waals surface area (Å²) in [4.78, 5) is 0. The topological polar surface area (TPSA) is 0 Å². The molecule has 0 N–H and O–H groups in total. The molecule has 0 saturated heterocycles. The van der Waals surface area contributed by atoms with Gasteiger partial charge in [-0.1, -0.05) is 72.8 Å². The van der Waals surface area contributed by atoms with Crippen molar-refractivity contribution in [3.05, 3.63) is 106 Å². The number of aryl methyl sites for hydroxylation is 2. The predicted molar refractivity (Wildman–Crippen MR) is 94.4 cm³/mol. The van der Waals surface area contributed by atoms with Gasteiger partial charge in [0, 0.05) is 0 Å². The van der Waals surface area contributed by atoms with Crippen molar-refractivity contribution in [2.24, 2.45) is 0 Å². The zero-order chi connectivity index (χ0) is 15.4. The SMILES string of the molecule is Cc1ccccc1Cc1ccccc1Cc1ccccc1C. The van der Waals surface area contributed by atoms with Gasteiger partial charge >= 0.3 is 0 Å². The minimum atomic E-state index is 1.01. The average molecular weight is 286 g/mol. The van der Waals surface area contributed by atoms with Crippen LogP contribution >= 0.6 is 0 Å². The summed E-state index contributed by atoms with van der Waals surface area (Å²) in [5.41, 5.74) is 8.43. The first-order valence-corrected chi connectivity index (χ1v) is 7.90. The molecule has 0 amide bonds. The Balaban J connectivity index is 1.91. The van der Waals surface area contributed by atoms with Crippen LogP contribution in [0.25, 0.3) is 0 Å². The average Bonchev–Trinajstić information content (AvgIpc) is 2.53. The number of rotatable bonds is 4. The molecular weight excluding hydrogens is 264 g/mol. The van der Waals surface area contributed by atoms with Crippen LogP contribution in [0.5, 0.6) is 0 Å². The molecule has 0 saturated carbocycles. The molecule has 0 heterocycles. The minimum Gasteiger partial charge on any atom is -0.0620 e. The maximum Gasteiger partial charge on any atom is -0.00203 e. The third kappa shape index (κ3) is 3.28. The molecule has 3 rings (SSSR count). The van der Waals surface area contributed by atoms with E-state index in [4.69, 9.17) is 0 Å². The summed E-state index contributed by atoms with van der Waals surface area (Å²) in [6.07, 6.45) is 2.02. The lowest BCUT2D eigenvalue weighted by Crippen LogP contribution is -1.99. The summed E-state index contributed by atoms with van der Waals surface area (Å²) in [6, 6.07) is 26.2. The maximum atomic E-state index is 2.26. The lowest BCUT2D eigenvalue weighted by molar-refractivity contribution is 1.07. The van der Waals surface area contributed by atoms with Crippen molar-refractivity contribution < 1.29 is 0 Å². The van der Waals surface area contributed by atoms with Crippen molar-refractivity contribution in [3.8, 4) is 0 Å². The molecule has 110 valence electrons. The second kappa shape index (κ2) is 6.62. The maximum absolute atomic E-state index is 2.26. The second-order valence-corrected chi connectivity index (χ2v) is 5.98. The monoisotopic (exact) mass is 286 g/mol. The lowest BCUT2D eigenvalue weighted by Gasteiger charge is -2.12. The Bertz CT molecular complexity index is 702. The van der Waals surface area contributed by atoms with Crippen molar-refractivity contribution in [3.63, 3.8) is 0 Å². The summed E-state index contributed by atoms with van der Waals surface area (Å²) in [6.45, 7) is 4.39. The van der Waals surface area contributed by atoms with Crippen LogP contribution in [0.15, 0.2) is 72.8 Å². The molecule has 0 nitrogen and oxygen atoms in total. The zero-order valence-electron chi connectivity index (χ0n) is 13.3. The van der Waals surface area contributed by atoms with Gasteiger partial charge in [0.05, 0.1) is 0 Å². The predicted octanol–water partition coefficient (Wildman–Crippen LogP) is 5.49. The van der Waals surface area contributed by atoms with Gasteiger partial charge in [-0.05, 0) is 60.1 Å². The van der Waals surface area contributed by atoms with Gasteiger partial charge in [0.15, 0.2) is 0 Å². The van der Waals surface area contributed by atoms with Crippen LogP contribution in [-0.2, 0) is 12.8 Å². The highest BCUT2D eigenvalue weighted by molar-refractivity contribution is 5.40. The molecule has 0 aliphatic heterocycles. The standard InChI is InChI=1S/C22H22/c1-17-9-3-5-11-19(17)15-21-13-7-8-14-22(21)16-20-12-6-4-10-18(20)2/h3-14H,15-16H2,1-2H3. The molecule has 0 aromatic heterocycles. The van der Waals surface area contributed by atoms with E-state index in [1.165, 1.54) is 33.4 Å². The lowest BCUT2D eigenvalue weighted by atomic mass is 9.92. The van der Waals surface area contributed by atoms with Gasteiger partial charge in [-0.25, -0.2) is 0 Å². The van der Waals surface area contributed by atoms with Crippen LogP contribution in [0.4, 0.5) is 0 Å². The molecule has 0 bridgehead atoms. The van der Waals surface area contributed by atoms with E-state index in [1.807, 2.05) is 0 Å². The minimum absolute atomic E-state index is 1.01. The fourth-order valence-electron chi connectivity index (χ4n) is 2.93. The van der Waals surface area contributed by atoms with E-state index in [2.05, 4.69) is 86.6 Å². The Hall–Kier alpha value is -2.34. The highest BCUT2D eigenvalue weighted by atomic mass is 14.1. The smallest absolute Gasteiger partial charge is 0.00203 e. The molecular formula is C22H22. The Labute approximate surface area is 133 Å². The van der Waals surface area contributed by atoms with E-state index in [9.17, 15) is 0 Å². The molecule has 3 aromatic rings. The van der Waals surface area contributed by atoms with Crippen LogP contribution in [0.2, 0.25) is 0 Å². The third-order valence-corrected chi connectivity index (χ3v) is 4.40. The third-order valence-electron chi connectivity index (χ3n) is 4.40. The normalized spacial score (nSPS) is 10.6. The quantitative estimate of drug-likeness (QED) is 0.595. The van der Waals surface area contributed by atoms with E-state index in [0.717, 1.165) is 12.8 Å². The fourth-order valence-corrected chi connectivity index (χ4v) is 2.93. The molecule has 0 fully saturated rings. The van der Waals surface area contributed by atoms with Crippen molar-refractivity contribution in [1.82, 2.24) is 0 Å². The van der Waals surface area contributed by atoms with Crippen LogP contribution < -0.4 is 0 Å². The fraction of sp³-hybridized carbons (Fsp3) is 0.182. The summed E-state index contributed by atoms with van der Waals surface area (Å²) in [7, 11) is 0. The number of hydrogen-bond donors (Lipinski definition) is 0. The second-order valence-electron chi connectivity index (χ2n) is 5.98. The van der Waals surface area contributed by atoms with Gasteiger partial charge in [-0.15, -0.1) is 0 Å². The molecule has 3 aromatic carbocycles. The first-order chi connectivity index (χ1) is 10.7. The van der Waals surface area contributed by atoms with Crippen molar-refractivity contribution in [1.29, 1.82) is 0 Å². The van der Waals surface area contributed by atoms with Crippen LogP contribution in [0.1, 0.15) is 33.4 Å². The summed E-state index contributed by atoms with van der Waals surface area (Å²) < 4.78 is 0. The molecule has 0 atom stereocenters.